The maximum absolute atomic E-state index is 14.7. The predicted molar refractivity (Wildman–Crippen MR) is 95.3 cm³/mol. The highest BCUT2D eigenvalue weighted by Gasteiger charge is 2.40. The van der Waals surface area contributed by atoms with E-state index in [1.807, 2.05) is 12.3 Å². The zero-order chi connectivity index (χ0) is 18.9. The third-order valence-electron chi connectivity index (χ3n) is 4.56. The van der Waals surface area contributed by atoms with Crippen LogP contribution in [-0.4, -0.2) is 51.5 Å². The minimum Gasteiger partial charge on any atom is -0.480 e. The number of nitrogens with one attached hydrogen (secondary N) is 1. The number of rotatable bonds is 4. The van der Waals surface area contributed by atoms with E-state index in [2.05, 4.69) is 20.5 Å². The number of alkyl halides is 1. The second kappa shape index (κ2) is 6.92. The van der Waals surface area contributed by atoms with Gasteiger partial charge in [0.25, 0.3) is 5.91 Å². The van der Waals surface area contributed by atoms with E-state index < -0.39 is 11.6 Å². The van der Waals surface area contributed by atoms with Gasteiger partial charge in [-0.2, -0.15) is 5.10 Å². The Balaban J connectivity index is 1.58. The van der Waals surface area contributed by atoms with Crippen LogP contribution in [0.4, 0.5) is 10.2 Å². The molecule has 3 aromatic heterocycles. The van der Waals surface area contributed by atoms with Gasteiger partial charge in [0, 0.05) is 36.2 Å². The van der Waals surface area contributed by atoms with Crippen LogP contribution in [0, 0.1) is 0 Å². The molecule has 0 bridgehead atoms. The van der Waals surface area contributed by atoms with E-state index in [1.165, 1.54) is 7.11 Å². The fourth-order valence-electron chi connectivity index (χ4n) is 2.98. The van der Waals surface area contributed by atoms with Crippen LogP contribution in [0.15, 0.2) is 36.8 Å². The highest BCUT2D eigenvalue weighted by atomic mass is 19.1. The molecule has 8 nitrogen and oxygen atoms in total. The number of carbonyl (C=O) groups is 1. The minimum absolute atomic E-state index is 0.0488. The lowest BCUT2D eigenvalue weighted by molar-refractivity contribution is -0.133. The van der Waals surface area contributed by atoms with Crippen LogP contribution in [0.3, 0.4) is 0 Å². The molecule has 1 saturated heterocycles. The molecule has 0 saturated carbocycles. The largest absolute Gasteiger partial charge is 0.480 e. The molecule has 3 aromatic rings. The number of anilines is 1. The summed E-state index contributed by atoms with van der Waals surface area (Å²) in [5.74, 6) is 0.0273. The minimum atomic E-state index is -1.92. The van der Waals surface area contributed by atoms with Gasteiger partial charge in [-0.15, -0.1) is 5.10 Å². The summed E-state index contributed by atoms with van der Waals surface area (Å²) in [6.07, 6.45) is 5.21. The van der Waals surface area contributed by atoms with Gasteiger partial charge < -0.3 is 19.2 Å². The van der Waals surface area contributed by atoms with Crippen LogP contribution in [0.25, 0.3) is 16.8 Å². The van der Waals surface area contributed by atoms with Gasteiger partial charge >= 0.3 is 0 Å². The SMILES string of the molecule is COc1cc(-c2ccc3nc(NC(=O)C4(F)CCOCC4)cn3c2)cnn1. The van der Waals surface area contributed by atoms with E-state index in [0.29, 0.717) is 17.3 Å². The van der Waals surface area contributed by atoms with Crippen molar-refractivity contribution >= 4 is 17.4 Å². The van der Waals surface area contributed by atoms with Gasteiger partial charge in [0.2, 0.25) is 5.88 Å². The van der Waals surface area contributed by atoms with Crippen molar-refractivity contribution in [3.8, 4) is 17.0 Å². The molecule has 0 aromatic carbocycles. The molecule has 4 heterocycles. The third-order valence-corrected chi connectivity index (χ3v) is 4.56. The molecule has 1 fully saturated rings. The van der Waals surface area contributed by atoms with Gasteiger partial charge in [-0.1, -0.05) is 0 Å². The van der Waals surface area contributed by atoms with Gasteiger partial charge in [-0.3, -0.25) is 4.79 Å². The number of aromatic nitrogens is 4. The fraction of sp³-hybridized carbons (Fsp3) is 0.333. The van der Waals surface area contributed by atoms with Crippen molar-refractivity contribution < 1.29 is 18.7 Å². The smallest absolute Gasteiger partial charge is 0.263 e. The monoisotopic (exact) mass is 371 g/mol. The van der Waals surface area contributed by atoms with Crippen molar-refractivity contribution in [1.82, 2.24) is 19.6 Å². The van der Waals surface area contributed by atoms with Crippen LogP contribution < -0.4 is 10.1 Å². The average Bonchev–Trinajstić information content (AvgIpc) is 3.10. The molecule has 27 heavy (non-hydrogen) atoms. The Morgan fingerprint density at radius 2 is 2.11 bits per heavy atom. The number of carbonyl (C=O) groups excluding carboxylic acids is 1. The number of ether oxygens (including phenoxy) is 2. The summed E-state index contributed by atoms with van der Waals surface area (Å²) in [5, 5.41) is 10.3. The molecule has 0 atom stereocenters. The number of fused-ring (bicyclic) bond motifs is 1. The van der Waals surface area contributed by atoms with Crippen molar-refractivity contribution in [2.75, 3.05) is 25.6 Å². The van der Waals surface area contributed by atoms with Crippen LogP contribution >= 0.6 is 0 Å². The summed E-state index contributed by atoms with van der Waals surface area (Å²) in [5.41, 5.74) is 0.409. The van der Waals surface area contributed by atoms with Crippen LogP contribution in [0.1, 0.15) is 12.8 Å². The summed E-state index contributed by atoms with van der Waals surface area (Å²) in [6.45, 7) is 0.476. The summed E-state index contributed by atoms with van der Waals surface area (Å²) >= 11 is 0. The molecule has 1 N–H and O–H groups in total. The predicted octanol–water partition coefficient (Wildman–Crippen LogP) is 2.26. The zero-order valence-corrected chi connectivity index (χ0v) is 14.7. The van der Waals surface area contributed by atoms with Crippen LogP contribution in [0.5, 0.6) is 5.88 Å². The summed E-state index contributed by atoms with van der Waals surface area (Å²) in [4.78, 5) is 16.6. The second-order valence-electron chi connectivity index (χ2n) is 6.33. The molecule has 1 aliphatic rings. The Kier molecular flexibility index (Phi) is 4.44. The molecular weight excluding hydrogens is 353 g/mol. The number of hydrogen-bond donors (Lipinski definition) is 1. The second-order valence-corrected chi connectivity index (χ2v) is 6.33. The number of pyridine rings is 1. The van der Waals surface area contributed by atoms with Crippen molar-refractivity contribution in [3.05, 3.63) is 36.8 Å². The van der Waals surface area contributed by atoms with Gasteiger partial charge in [-0.25, -0.2) is 9.37 Å². The molecule has 0 unspecified atom stereocenters. The van der Waals surface area contributed by atoms with E-state index >= 15 is 0 Å². The van der Waals surface area contributed by atoms with E-state index in [0.717, 1.165) is 11.1 Å². The molecule has 1 amide bonds. The lowest BCUT2D eigenvalue weighted by Crippen LogP contribution is -2.43. The van der Waals surface area contributed by atoms with Crippen molar-refractivity contribution in [2.45, 2.75) is 18.5 Å². The Morgan fingerprint density at radius 1 is 1.30 bits per heavy atom. The van der Waals surface area contributed by atoms with Gasteiger partial charge in [0.1, 0.15) is 5.65 Å². The molecule has 140 valence electrons. The Morgan fingerprint density at radius 3 is 2.89 bits per heavy atom. The lowest BCUT2D eigenvalue weighted by Gasteiger charge is -2.27. The van der Waals surface area contributed by atoms with Crippen molar-refractivity contribution in [1.29, 1.82) is 0 Å². The third kappa shape index (κ3) is 3.45. The number of imidazole rings is 1. The topological polar surface area (TPSA) is 90.6 Å². The van der Waals surface area contributed by atoms with Crippen molar-refractivity contribution in [3.63, 3.8) is 0 Å². The summed E-state index contributed by atoms with van der Waals surface area (Å²) in [6, 6.07) is 5.45. The maximum atomic E-state index is 14.7. The molecule has 0 spiro atoms. The van der Waals surface area contributed by atoms with E-state index in [-0.39, 0.29) is 26.1 Å². The first-order valence-corrected chi connectivity index (χ1v) is 8.51. The van der Waals surface area contributed by atoms with Crippen LogP contribution in [-0.2, 0) is 9.53 Å². The fourth-order valence-corrected chi connectivity index (χ4v) is 2.98. The van der Waals surface area contributed by atoms with Crippen molar-refractivity contribution in [2.24, 2.45) is 0 Å². The number of halogens is 1. The van der Waals surface area contributed by atoms with Crippen LogP contribution in [0.2, 0.25) is 0 Å². The lowest BCUT2D eigenvalue weighted by atomic mass is 9.95. The zero-order valence-electron chi connectivity index (χ0n) is 14.7. The number of amides is 1. The molecule has 4 rings (SSSR count). The van der Waals surface area contributed by atoms with Gasteiger partial charge in [-0.05, 0) is 12.1 Å². The first-order chi connectivity index (χ1) is 13.1. The van der Waals surface area contributed by atoms with E-state index in [4.69, 9.17) is 9.47 Å². The maximum Gasteiger partial charge on any atom is 0.263 e. The molecule has 0 radical (unpaired) electrons. The average molecular weight is 371 g/mol. The van der Waals surface area contributed by atoms with E-state index in [9.17, 15) is 9.18 Å². The summed E-state index contributed by atoms with van der Waals surface area (Å²) < 4.78 is 26.7. The Bertz CT molecular complexity index is 984. The standard InChI is InChI=1S/C18H18FN5O3/c1-26-16-8-13(9-20-23-16)12-2-3-15-21-14(11-24(15)10-12)22-17(25)18(19)4-6-27-7-5-18/h2-3,8-11H,4-7H2,1H3,(H,22,25). The highest BCUT2D eigenvalue weighted by molar-refractivity contribution is 5.96. The Hall–Kier alpha value is -3.07. The first-order valence-electron chi connectivity index (χ1n) is 8.51. The molecule has 1 aliphatic heterocycles. The normalized spacial score (nSPS) is 16.2. The van der Waals surface area contributed by atoms with E-state index in [1.54, 1.807) is 28.9 Å². The molecular formula is C18H18FN5O3. The quantitative estimate of drug-likeness (QED) is 0.757. The Labute approximate surface area is 154 Å². The molecule has 0 aliphatic carbocycles. The number of nitrogens with zero attached hydrogens (tertiary/aromatic N) is 4. The number of methoxy groups -OCH3 is 1. The first kappa shape index (κ1) is 17.3. The number of hydrogen-bond acceptors (Lipinski definition) is 6. The van der Waals surface area contributed by atoms with Gasteiger partial charge in [0.15, 0.2) is 11.5 Å². The molecule has 9 heteroatoms. The highest BCUT2D eigenvalue weighted by Crippen LogP contribution is 2.27. The summed E-state index contributed by atoms with van der Waals surface area (Å²) in [7, 11) is 1.53. The van der Waals surface area contributed by atoms with Gasteiger partial charge in [0.05, 0.1) is 32.7 Å².